The van der Waals surface area contributed by atoms with Crippen molar-refractivity contribution in [2.24, 2.45) is 7.05 Å². The Morgan fingerprint density at radius 3 is 3.19 bits per heavy atom. The summed E-state index contributed by atoms with van der Waals surface area (Å²) in [6.07, 6.45) is 3.90. The average Bonchev–Trinajstić information content (AvgIpc) is 3.11. The van der Waals surface area contributed by atoms with Crippen molar-refractivity contribution in [2.45, 2.75) is 6.04 Å². The number of hydrogen-bond acceptors (Lipinski definition) is 7. The van der Waals surface area contributed by atoms with E-state index in [1.54, 1.807) is 10.2 Å². The van der Waals surface area contributed by atoms with Gasteiger partial charge in [0.2, 0.25) is 11.0 Å². The molecule has 1 N–H and O–H groups in total. The van der Waals surface area contributed by atoms with Crippen LogP contribution >= 0.6 is 23.1 Å². The molecule has 21 heavy (non-hydrogen) atoms. The molecule has 3 heterocycles. The Labute approximate surface area is 130 Å². The first-order valence-electron chi connectivity index (χ1n) is 6.59. The molecule has 1 amide bonds. The minimum atomic E-state index is -0.0486. The highest BCUT2D eigenvalue weighted by Crippen LogP contribution is 2.29. The molecule has 1 aliphatic rings. The molecule has 1 saturated heterocycles. The number of carbonyl (C=O) groups excluding carboxylic acids is 1. The number of carbonyl (C=O) groups is 1. The van der Waals surface area contributed by atoms with Crippen molar-refractivity contribution in [2.75, 3.05) is 29.9 Å². The normalized spacial score (nSPS) is 19.6. The number of thioether (sulfide) groups is 1. The van der Waals surface area contributed by atoms with E-state index in [1.165, 1.54) is 11.3 Å². The number of amides is 1. The van der Waals surface area contributed by atoms with Gasteiger partial charge in [0.05, 0.1) is 12.7 Å². The molecule has 0 saturated carbocycles. The lowest BCUT2D eigenvalue weighted by Crippen LogP contribution is -2.41. The van der Waals surface area contributed by atoms with Gasteiger partial charge in [0.1, 0.15) is 5.51 Å². The highest BCUT2D eigenvalue weighted by atomic mass is 32.2. The second-order valence-corrected chi connectivity index (χ2v) is 6.78. The number of aromatic nitrogens is 4. The molecule has 0 aromatic carbocycles. The number of aryl methyl sites for hydroxylation is 1. The standard InChI is InChI=1S/C12H16N6OS2/c1-17-5-9(4-14-17)10-7-20-3-2-18(10)6-11(19)15-12-16-13-8-21-12/h4-5,8,10H,2-3,6-7H2,1H3,(H,15,16,19)/t10-/m0/s1. The van der Waals surface area contributed by atoms with Gasteiger partial charge in [-0.2, -0.15) is 16.9 Å². The molecule has 1 fully saturated rings. The van der Waals surface area contributed by atoms with Gasteiger partial charge >= 0.3 is 0 Å². The van der Waals surface area contributed by atoms with E-state index < -0.39 is 0 Å². The summed E-state index contributed by atoms with van der Waals surface area (Å²) in [7, 11) is 1.91. The lowest BCUT2D eigenvalue weighted by atomic mass is 10.1. The van der Waals surface area contributed by atoms with Crippen molar-refractivity contribution in [1.29, 1.82) is 0 Å². The Hall–Kier alpha value is -1.45. The van der Waals surface area contributed by atoms with Gasteiger partial charge in [-0.05, 0) is 0 Å². The zero-order valence-corrected chi connectivity index (χ0v) is 13.2. The van der Waals surface area contributed by atoms with Gasteiger partial charge in [0.25, 0.3) is 0 Å². The second kappa shape index (κ2) is 6.54. The number of rotatable bonds is 4. The van der Waals surface area contributed by atoms with E-state index in [0.29, 0.717) is 11.7 Å². The average molecular weight is 324 g/mol. The van der Waals surface area contributed by atoms with Crippen LogP contribution in [0.1, 0.15) is 11.6 Å². The molecule has 112 valence electrons. The zero-order chi connectivity index (χ0) is 14.7. The fourth-order valence-electron chi connectivity index (χ4n) is 2.32. The Kier molecular flexibility index (Phi) is 4.51. The molecule has 3 rings (SSSR count). The second-order valence-electron chi connectivity index (χ2n) is 4.80. The molecule has 2 aromatic heterocycles. The van der Waals surface area contributed by atoms with Gasteiger partial charge in [0.15, 0.2) is 0 Å². The van der Waals surface area contributed by atoms with Crippen LogP contribution in [0.2, 0.25) is 0 Å². The van der Waals surface area contributed by atoms with Crippen LogP contribution < -0.4 is 5.32 Å². The number of nitrogens with one attached hydrogen (secondary N) is 1. The topological polar surface area (TPSA) is 75.9 Å². The van der Waals surface area contributed by atoms with E-state index >= 15 is 0 Å². The molecule has 0 spiro atoms. The van der Waals surface area contributed by atoms with Crippen LogP contribution in [0.25, 0.3) is 0 Å². The number of nitrogens with zero attached hydrogens (tertiary/aromatic N) is 5. The Morgan fingerprint density at radius 2 is 2.48 bits per heavy atom. The van der Waals surface area contributed by atoms with E-state index in [-0.39, 0.29) is 11.9 Å². The molecule has 1 atom stereocenters. The fourth-order valence-corrected chi connectivity index (χ4v) is 3.94. The van der Waals surface area contributed by atoms with Crippen LogP contribution in [0.4, 0.5) is 5.13 Å². The molecule has 0 bridgehead atoms. The smallest absolute Gasteiger partial charge is 0.240 e. The molecule has 2 aromatic rings. The third-order valence-corrected chi connectivity index (χ3v) is 4.93. The van der Waals surface area contributed by atoms with E-state index in [1.807, 2.05) is 31.2 Å². The van der Waals surface area contributed by atoms with E-state index in [2.05, 4.69) is 25.5 Å². The molecule has 7 nitrogen and oxygen atoms in total. The van der Waals surface area contributed by atoms with E-state index in [0.717, 1.165) is 23.6 Å². The van der Waals surface area contributed by atoms with Gasteiger partial charge in [-0.25, -0.2) is 0 Å². The zero-order valence-electron chi connectivity index (χ0n) is 11.6. The summed E-state index contributed by atoms with van der Waals surface area (Å²) in [5, 5.41) is 15.1. The maximum Gasteiger partial charge on any atom is 0.240 e. The van der Waals surface area contributed by atoms with Crippen molar-refractivity contribution in [3.05, 3.63) is 23.5 Å². The van der Waals surface area contributed by atoms with Crippen molar-refractivity contribution >= 4 is 34.1 Å². The first-order valence-corrected chi connectivity index (χ1v) is 8.62. The molecule has 0 radical (unpaired) electrons. The lowest BCUT2D eigenvalue weighted by molar-refractivity contribution is -0.117. The van der Waals surface area contributed by atoms with Crippen LogP contribution in [-0.4, -0.2) is 55.4 Å². The minimum Gasteiger partial charge on any atom is -0.299 e. The van der Waals surface area contributed by atoms with Crippen LogP contribution in [0.15, 0.2) is 17.9 Å². The molecular formula is C12H16N6OS2. The maximum atomic E-state index is 12.1. The molecular weight excluding hydrogens is 308 g/mol. The molecule has 1 aliphatic heterocycles. The largest absolute Gasteiger partial charge is 0.299 e. The van der Waals surface area contributed by atoms with Gasteiger partial charge in [0, 0.05) is 42.9 Å². The summed E-state index contributed by atoms with van der Waals surface area (Å²) < 4.78 is 1.80. The van der Waals surface area contributed by atoms with Crippen molar-refractivity contribution in [3.63, 3.8) is 0 Å². The van der Waals surface area contributed by atoms with Gasteiger partial charge in [-0.1, -0.05) is 11.3 Å². The molecule has 0 aliphatic carbocycles. The maximum absolute atomic E-state index is 12.1. The number of hydrogen-bond donors (Lipinski definition) is 1. The van der Waals surface area contributed by atoms with Crippen molar-refractivity contribution in [3.8, 4) is 0 Å². The summed E-state index contributed by atoms with van der Waals surface area (Å²) in [5.41, 5.74) is 2.76. The fraction of sp³-hybridized carbons (Fsp3) is 0.500. The first-order chi connectivity index (χ1) is 10.2. The molecule has 9 heteroatoms. The van der Waals surface area contributed by atoms with Gasteiger partial charge < -0.3 is 0 Å². The summed E-state index contributed by atoms with van der Waals surface area (Å²) in [6.45, 7) is 1.26. The SMILES string of the molecule is Cn1cc([C@@H]2CSCCN2CC(=O)Nc2nncs2)cn1. The van der Waals surface area contributed by atoms with Crippen LogP contribution in [0.3, 0.4) is 0 Å². The number of anilines is 1. The third kappa shape index (κ3) is 3.60. The van der Waals surface area contributed by atoms with E-state index in [9.17, 15) is 4.79 Å². The van der Waals surface area contributed by atoms with Crippen LogP contribution in [0.5, 0.6) is 0 Å². The predicted octanol–water partition coefficient (Wildman–Crippen LogP) is 1.00. The predicted molar refractivity (Wildman–Crippen MR) is 83.4 cm³/mol. The minimum absolute atomic E-state index is 0.0486. The first kappa shape index (κ1) is 14.5. The van der Waals surface area contributed by atoms with Gasteiger partial charge in [-0.15, -0.1) is 10.2 Å². The highest BCUT2D eigenvalue weighted by molar-refractivity contribution is 7.99. The summed E-state index contributed by atoms with van der Waals surface area (Å²) in [4.78, 5) is 14.3. The Morgan fingerprint density at radius 1 is 1.57 bits per heavy atom. The van der Waals surface area contributed by atoms with Crippen LogP contribution in [0, 0.1) is 0 Å². The quantitative estimate of drug-likeness (QED) is 0.904. The third-order valence-electron chi connectivity index (χ3n) is 3.30. The summed E-state index contributed by atoms with van der Waals surface area (Å²) in [6, 6.07) is 0.234. The molecule has 0 unspecified atom stereocenters. The summed E-state index contributed by atoms with van der Waals surface area (Å²) in [5.74, 6) is 1.98. The van der Waals surface area contributed by atoms with Gasteiger partial charge in [-0.3, -0.25) is 19.7 Å². The van der Waals surface area contributed by atoms with E-state index in [4.69, 9.17) is 0 Å². The highest BCUT2D eigenvalue weighted by Gasteiger charge is 2.27. The Balaban J connectivity index is 1.65. The van der Waals surface area contributed by atoms with Crippen LogP contribution in [-0.2, 0) is 11.8 Å². The van der Waals surface area contributed by atoms with Crippen molar-refractivity contribution < 1.29 is 4.79 Å². The van der Waals surface area contributed by atoms with Crippen molar-refractivity contribution in [1.82, 2.24) is 24.9 Å². The lowest BCUT2D eigenvalue weighted by Gasteiger charge is -2.34. The Bertz CT molecular complexity index is 599. The monoisotopic (exact) mass is 324 g/mol. The summed E-state index contributed by atoms with van der Waals surface area (Å²) >= 11 is 3.24.